The highest BCUT2D eigenvalue weighted by Gasteiger charge is 2.13. The van der Waals surface area contributed by atoms with E-state index < -0.39 is 0 Å². The Labute approximate surface area is 120 Å². The van der Waals surface area contributed by atoms with E-state index in [-0.39, 0.29) is 18.4 Å². The van der Waals surface area contributed by atoms with Gasteiger partial charge in [0.05, 0.1) is 6.04 Å². The standard InChI is InChI=1S/C14H20N4.ClH/c1-4-15-10-13-14(12-8-6-5-7-9-12)17-18(16-13)11(2)3;/h5-9,11,15H,4,10H2,1-3H3;1H. The van der Waals surface area contributed by atoms with Crippen LogP contribution in [0.5, 0.6) is 0 Å². The molecule has 104 valence electrons. The molecule has 1 heterocycles. The topological polar surface area (TPSA) is 42.7 Å². The number of nitrogens with one attached hydrogen (secondary N) is 1. The molecule has 0 radical (unpaired) electrons. The van der Waals surface area contributed by atoms with Crippen LogP contribution >= 0.6 is 12.4 Å². The van der Waals surface area contributed by atoms with Crippen LogP contribution in [0.3, 0.4) is 0 Å². The van der Waals surface area contributed by atoms with Crippen LogP contribution in [0.4, 0.5) is 0 Å². The molecular formula is C14H21ClN4. The van der Waals surface area contributed by atoms with Crippen molar-refractivity contribution in [3.63, 3.8) is 0 Å². The zero-order chi connectivity index (χ0) is 13.0. The molecule has 0 spiro atoms. The molecule has 1 N–H and O–H groups in total. The Morgan fingerprint density at radius 1 is 1.16 bits per heavy atom. The molecule has 0 aliphatic heterocycles. The second kappa shape index (κ2) is 7.26. The van der Waals surface area contributed by atoms with Crippen molar-refractivity contribution in [3.8, 4) is 11.3 Å². The Morgan fingerprint density at radius 3 is 2.42 bits per heavy atom. The van der Waals surface area contributed by atoms with Crippen LogP contribution in [-0.2, 0) is 6.54 Å². The summed E-state index contributed by atoms with van der Waals surface area (Å²) < 4.78 is 0. The van der Waals surface area contributed by atoms with E-state index in [2.05, 4.69) is 48.4 Å². The van der Waals surface area contributed by atoms with Crippen LogP contribution in [0.15, 0.2) is 30.3 Å². The van der Waals surface area contributed by atoms with Crippen molar-refractivity contribution < 1.29 is 0 Å². The number of nitrogens with zero attached hydrogens (tertiary/aromatic N) is 3. The minimum atomic E-state index is 0. The molecule has 0 aliphatic carbocycles. The van der Waals surface area contributed by atoms with E-state index in [9.17, 15) is 0 Å². The molecule has 0 aliphatic rings. The van der Waals surface area contributed by atoms with Gasteiger partial charge in [0.15, 0.2) is 0 Å². The third kappa shape index (κ3) is 3.78. The highest BCUT2D eigenvalue weighted by atomic mass is 35.5. The van der Waals surface area contributed by atoms with Crippen LogP contribution in [0, 0.1) is 0 Å². The monoisotopic (exact) mass is 280 g/mol. The van der Waals surface area contributed by atoms with Crippen molar-refractivity contribution in [2.75, 3.05) is 6.54 Å². The average Bonchev–Trinajstić information content (AvgIpc) is 2.81. The van der Waals surface area contributed by atoms with Gasteiger partial charge in [0.1, 0.15) is 11.4 Å². The average molecular weight is 281 g/mol. The first-order valence-corrected chi connectivity index (χ1v) is 6.44. The van der Waals surface area contributed by atoms with E-state index >= 15 is 0 Å². The van der Waals surface area contributed by atoms with Crippen LogP contribution in [-0.4, -0.2) is 21.5 Å². The minimum Gasteiger partial charge on any atom is -0.311 e. The molecule has 4 nitrogen and oxygen atoms in total. The van der Waals surface area contributed by atoms with Crippen molar-refractivity contribution in [2.24, 2.45) is 0 Å². The quantitative estimate of drug-likeness (QED) is 0.915. The van der Waals surface area contributed by atoms with Crippen LogP contribution < -0.4 is 5.32 Å². The number of hydrogen-bond donors (Lipinski definition) is 1. The van der Waals surface area contributed by atoms with E-state index in [0.29, 0.717) is 0 Å². The predicted molar refractivity (Wildman–Crippen MR) is 80.5 cm³/mol. The Bertz CT molecular complexity index is 493. The van der Waals surface area contributed by atoms with Gasteiger partial charge in [-0.15, -0.1) is 12.4 Å². The van der Waals surface area contributed by atoms with Gasteiger partial charge in [-0.1, -0.05) is 37.3 Å². The Morgan fingerprint density at radius 2 is 1.84 bits per heavy atom. The fourth-order valence-corrected chi connectivity index (χ4v) is 1.77. The predicted octanol–water partition coefficient (Wildman–Crippen LogP) is 3.06. The maximum atomic E-state index is 4.60. The molecule has 0 atom stereocenters. The maximum absolute atomic E-state index is 4.60. The largest absolute Gasteiger partial charge is 0.311 e. The van der Waals surface area contributed by atoms with Gasteiger partial charge in [0, 0.05) is 12.1 Å². The smallest absolute Gasteiger partial charge is 0.117 e. The maximum Gasteiger partial charge on any atom is 0.117 e. The summed E-state index contributed by atoms with van der Waals surface area (Å²) in [5, 5.41) is 12.5. The summed E-state index contributed by atoms with van der Waals surface area (Å²) >= 11 is 0. The van der Waals surface area contributed by atoms with E-state index in [1.54, 1.807) is 4.80 Å². The van der Waals surface area contributed by atoms with Crippen molar-refractivity contribution in [1.29, 1.82) is 0 Å². The summed E-state index contributed by atoms with van der Waals surface area (Å²) in [7, 11) is 0. The molecule has 1 aromatic carbocycles. The third-order valence-corrected chi connectivity index (χ3v) is 2.75. The number of halogens is 1. The molecule has 0 unspecified atom stereocenters. The van der Waals surface area contributed by atoms with Gasteiger partial charge in [0.25, 0.3) is 0 Å². The Hall–Kier alpha value is -1.39. The van der Waals surface area contributed by atoms with Crippen molar-refractivity contribution in [3.05, 3.63) is 36.0 Å². The molecule has 2 rings (SSSR count). The molecule has 0 bridgehead atoms. The first kappa shape index (κ1) is 15.7. The van der Waals surface area contributed by atoms with Crippen LogP contribution in [0.25, 0.3) is 11.3 Å². The fraction of sp³-hybridized carbons (Fsp3) is 0.429. The summed E-state index contributed by atoms with van der Waals surface area (Å²) in [5.41, 5.74) is 3.11. The minimum absolute atomic E-state index is 0. The van der Waals surface area contributed by atoms with E-state index in [1.165, 1.54) is 0 Å². The molecule has 5 heteroatoms. The molecule has 19 heavy (non-hydrogen) atoms. The summed E-state index contributed by atoms with van der Waals surface area (Å²) in [6, 6.07) is 10.5. The Kier molecular flexibility index (Phi) is 5.99. The molecule has 1 aromatic heterocycles. The van der Waals surface area contributed by atoms with E-state index in [1.807, 2.05) is 18.2 Å². The van der Waals surface area contributed by atoms with Gasteiger partial charge in [0.2, 0.25) is 0 Å². The lowest BCUT2D eigenvalue weighted by Crippen LogP contribution is -2.13. The van der Waals surface area contributed by atoms with Gasteiger partial charge in [-0.05, 0) is 20.4 Å². The summed E-state index contributed by atoms with van der Waals surface area (Å²) in [4.78, 5) is 1.79. The summed E-state index contributed by atoms with van der Waals surface area (Å²) in [5.74, 6) is 0. The zero-order valence-corrected chi connectivity index (χ0v) is 12.4. The van der Waals surface area contributed by atoms with Gasteiger partial charge in [-0.25, -0.2) is 0 Å². The normalized spacial score (nSPS) is 10.5. The van der Waals surface area contributed by atoms with E-state index in [4.69, 9.17) is 0 Å². The number of aromatic nitrogens is 3. The molecule has 0 amide bonds. The first-order valence-electron chi connectivity index (χ1n) is 6.44. The summed E-state index contributed by atoms with van der Waals surface area (Å²) in [6.45, 7) is 7.96. The Balaban J connectivity index is 0.00000180. The van der Waals surface area contributed by atoms with Gasteiger partial charge >= 0.3 is 0 Å². The second-order valence-corrected chi connectivity index (χ2v) is 4.56. The van der Waals surface area contributed by atoms with E-state index in [0.717, 1.165) is 30.0 Å². The van der Waals surface area contributed by atoms with Crippen molar-refractivity contribution >= 4 is 12.4 Å². The molecule has 0 fully saturated rings. The first-order chi connectivity index (χ1) is 8.72. The second-order valence-electron chi connectivity index (χ2n) is 4.56. The van der Waals surface area contributed by atoms with Crippen molar-refractivity contribution in [2.45, 2.75) is 33.4 Å². The number of benzene rings is 1. The molecule has 0 saturated heterocycles. The van der Waals surface area contributed by atoms with Gasteiger partial charge < -0.3 is 5.32 Å². The molecular weight excluding hydrogens is 260 g/mol. The highest BCUT2D eigenvalue weighted by molar-refractivity contribution is 5.85. The summed E-state index contributed by atoms with van der Waals surface area (Å²) in [6.07, 6.45) is 0. The number of rotatable bonds is 5. The van der Waals surface area contributed by atoms with Gasteiger partial charge in [-0.2, -0.15) is 15.0 Å². The van der Waals surface area contributed by atoms with Crippen LogP contribution in [0.2, 0.25) is 0 Å². The third-order valence-electron chi connectivity index (χ3n) is 2.75. The SMILES string of the molecule is CCNCc1nn(C(C)C)nc1-c1ccccc1.Cl. The lowest BCUT2D eigenvalue weighted by atomic mass is 10.1. The lowest BCUT2D eigenvalue weighted by Gasteiger charge is -2.01. The number of hydrogen-bond acceptors (Lipinski definition) is 3. The lowest BCUT2D eigenvalue weighted by molar-refractivity contribution is 0.462. The highest BCUT2D eigenvalue weighted by Crippen LogP contribution is 2.20. The molecule has 0 saturated carbocycles. The van der Waals surface area contributed by atoms with Gasteiger partial charge in [-0.3, -0.25) is 0 Å². The molecule has 2 aromatic rings. The zero-order valence-electron chi connectivity index (χ0n) is 11.6. The van der Waals surface area contributed by atoms with Crippen molar-refractivity contribution in [1.82, 2.24) is 20.3 Å². The fourth-order valence-electron chi connectivity index (χ4n) is 1.77. The van der Waals surface area contributed by atoms with Crippen LogP contribution in [0.1, 0.15) is 32.5 Å².